The van der Waals surface area contributed by atoms with Crippen LogP contribution in [-0.2, 0) is 9.47 Å². The zero-order valence-corrected chi connectivity index (χ0v) is 17.1. The third-order valence-corrected chi connectivity index (χ3v) is 3.26. The van der Waals surface area contributed by atoms with Crippen molar-refractivity contribution in [2.75, 3.05) is 5.01 Å². The Labute approximate surface area is 165 Å². The smallest absolute Gasteiger partial charge is 0.435 e. The second-order valence-electron chi connectivity index (χ2n) is 8.20. The molecule has 0 aliphatic heterocycles. The van der Waals surface area contributed by atoms with Crippen LogP contribution >= 0.6 is 0 Å². The number of amides is 2. The average Bonchev–Trinajstić information content (AvgIpc) is 2.57. The summed E-state index contributed by atoms with van der Waals surface area (Å²) in [5.74, 6) is 0.208. The van der Waals surface area contributed by atoms with E-state index < -0.39 is 23.4 Å². The molecule has 1 aromatic heterocycles. The standard InChI is InChI=1S/C21H27N3O4/c1-20(2,3)27-18(25)23-24(19(26)28-21(4,5)6)17-13-12-16(14-22-17)15-10-8-7-9-11-15/h7-14H,1-6H3,(H,23,25). The van der Waals surface area contributed by atoms with Crippen molar-refractivity contribution in [2.24, 2.45) is 0 Å². The third kappa shape index (κ3) is 6.57. The first-order chi connectivity index (χ1) is 12.9. The summed E-state index contributed by atoms with van der Waals surface area (Å²) in [6.45, 7) is 10.4. The van der Waals surface area contributed by atoms with E-state index in [4.69, 9.17) is 9.47 Å². The lowest BCUT2D eigenvalue weighted by Gasteiger charge is -2.28. The number of hydrazine groups is 1. The van der Waals surface area contributed by atoms with Gasteiger partial charge in [-0.2, -0.15) is 5.01 Å². The lowest BCUT2D eigenvalue weighted by molar-refractivity contribution is 0.0424. The van der Waals surface area contributed by atoms with E-state index in [2.05, 4.69) is 10.4 Å². The average molecular weight is 385 g/mol. The van der Waals surface area contributed by atoms with Crippen molar-refractivity contribution >= 4 is 18.0 Å². The molecule has 0 fully saturated rings. The lowest BCUT2D eigenvalue weighted by Crippen LogP contribution is -2.50. The molecule has 2 rings (SSSR count). The maximum Gasteiger partial charge on any atom is 0.435 e. The van der Waals surface area contributed by atoms with Gasteiger partial charge in [-0.15, -0.1) is 0 Å². The number of hydrogen-bond donors (Lipinski definition) is 1. The summed E-state index contributed by atoms with van der Waals surface area (Å²) < 4.78 is 10.6. The molecule has 28 heavy (non-hydrogen) atoms. The van der Waals surface area contributed by atoms with Crippen molar-refractivity contribution in [3.8, 4) is 11.1 Å². The number of carbonyl (C=O) groups excluding carboxylic acids is 2. The number of ether oxygens (including phenoxy) is 2. The normalized spacial score (nSPS) is 11.5. The predicted octanol–water partition coefficient (Wildman–Crippen LogP) is 4.93. The van der Waals surface area contributed by atoms with Crippen molar-refractivity contribution in [1.29, 1.82) is 0 Å². The summed E-state index contributed by atoms with van der Waals surface area (Å²) in [6, 6.07) is 13.2. The van der Waals surface area contributed by atoms with E-state index in [0.717, 1.165) is 16.1 Å². The van der Waals surface area contributed by atoms with Gasteiger partial charge in [0.05, 0.1) is 0 Å². The van der Waals surface area contributed by atoms with Crippen LogP contribution in [0.15, 0.2) is 48.7 Å². The Balaban J connectivity index is 2.27. The molecule has 0 saturated carbocycles. The number of rotatable bonds is 2. The first-order valence-electron chi connectivity index (χ1n) is 8.99. The molecule has 0 atom stereocenters. The fraction of sp³-hybridized carbons (Fsp3) is 0.381. The maximum atomic E-state index is 12.6. The molecule has 1 N–H and O–H groups in total. The van der Waals surface area contributed by atoms with Gasteiger partial charge in [0.15, 0.2) is 5.82 Å². The van der Waals surface area contributed by atoms with E-state index in [-0.39, 0.29) is 5.82 Å². The molecule has 0 aliphatic rings. The quantitative estimate of drug-likeness (QED) is 0.741. The Hall–Kier alpha value is -3.09. The molecule has 0 bridgehead atoms. The summed E-state index contributed by atoms with van der Waals surface area (Å²) in [4.78, 5) is 29.1. The van der Waals surface area contributed by atoms with Crippen LogP contribution < -0.4 is 10.4 Å². The lowest BCUT2D eigenvalue weighted by atomic mass is 10.1. The topological polar surface area (TPSA) is 80.8 Å². The summed E-state index contributed by atoms with van der Waals surface area (Å²) in [7, 11) is 0. The third-order valence-electron chi connectivity index (χ3n) is 3.26. The second kappa shape index (κ2) is 8.29. The zero-order valence-electron chi connectivity index (χ0n) is 17.1. The summed E-state index contributed by atoms with van der Waals surface area (Å²) in [5.41, 5.74) is 2.82. The van der Waals surface area contributed by atoms with Crippen molar-refractivity contribution in [3.63, 3.8) is 0 Å². The number of pyridine rings is 1. The molecule has 1 aromatic carbocycles. The molecule has 2 amide bonds. The van der Waals surface area contributed by atoms with Gasteiger partial charge in [0.1, 0.15) is 11.2 Å². The van der Waals surface area contributed by atoms with Crippen LogP contribution in [0.5, 0.6) is 0 Å². The molecular weight excluding hydrogens is 358 g/mol. The fourth-order valence-corrected chi connectivity index (χ4v) is 2.22. The zero-order chi connectivity index (χ0) is 20.9. The Morgan fingerprint density at radius 2 is 1.46 bits per heavy atom. The highest BCUT2D eigenvalue weighted by Crippen LogP contribution is 2.21. The number of hydrogen-bond acceptors (Lipinski definition) is 5. The van der Waals surface area contributed by atoms with Gasteiger partial charge in [-0.25, -0.2) is 20.0 Å². The van der Waals surface area contributed by atoms with Crippen LogP contribution in [0.25, 0.3) is 11.1 Å². The Morgan fingerprint density at radius 3 is 1.96 bits per heavy atom. The van der Waals surface area contributed by atoms with Gasteiger partial charge in [0.2, 0.25) is 0 Å². The molecule has 2 aromatic rings. The van der Waals surface area contributed by atoms with Gasteiger partial charge < -0.3 is 9.47 Å². The number of aromatic nitrogens is 1. The molecule has 7 heteroatoms. The highest BCUT2D eigenvalue weighted by molar-refractivity contribution is 5.90. The van der Waals surface area contributed by atoms with E-state index in [0.29, 0.717) is 0 Å². The monoisotopic (exact) mass is 385 g/mol. The summed E-state index contributed by atoms with van der Waals surface area (Å²) in [5, 5.41) is 0.939. The van der Waals surface area contributed by atoms with E-state index in [1.807, 2.05) is 36.4 Å². The Bertz CT molecular complexity index is 806. The molecule has 0 radical (unpaired) electrons. The molecule has 0 aliphatic carbocycles. The number of anilines is 1. The SMILES string of the molecule is CC(C)(C)OC(=O)NN(C(=O)OC(C)(C)C)c1ccc(-c2ccccc2)cn1. The van der Waals surface area contributed by atoms with Crippen molar-refractivity contribution in [1.82, 2.24) is 10.4 Å². The Morgan fingerprint density at radius 1 is 0.857 bits per heavy atom. The van der Waals surface area contributed by atoms with E-state index in [1.54, 1.807) is 53.8 Å². The van der Waals surface area contributed by atoms with Crippen LogP contribution in [0, 0.1) is 0 Å². The van der Waals surface area contributed by atoms with Crippen molar-refractivity contribution < 1.29 is 19.1 Å². The minimum atomic E-state index is -0.785. The highest BCUT2D eigenvalue weighted by Gasteiger charge is 2.28. The van der Waals surface area contributed by atoms with Crippen LogP contribution in [0.1, 0.15) is 41.5 Å². The molecule has 0 spiro atoms. The second-order valence-corrected chi connectivity index (χ2v) is 8.20. The number of nitrogens with zero attached hydrogens (tertiary/aromatic N) is 2. The molecule has 0 saturated heterocycles. The fourth-order valence-electron chi connectivity index (χ4n) is 2.22. The molecular formula is C21H27N3O4. The Kier molecular flexibility index (Phi) is 6.28. The molecule has 7 nitrogen and oxygen atoms in total. The maximum absolute atomic E-state index is 12.6. The number of nitrogens with one attached hydrogen (secondary N) is 1. The van der Waals surface area contributed by atoms with Gasteiger partial charge in [0.25, 0.3) is 0 Å². The van der Waals surface area contributed by atoms with Crippen LogP contribution in [0.4, 0.5) is 15.4 Å². The first kappa shape index (κ1) is 21.2. The van der Waals surface area contributed by atoms with E-state index >= 15 is 0 Å². The highest BCUT2D eigenvalue weighted by atomic mass is 16.6. The summed E-state index contributed by atoms with van der Waals surface area (Å²) in [6.07, 6.45) is 0.0735. The van der Waals surface area contributed by atoms with Crippen LogP contribution in [0.3, 0.4) is 0 Å². The molecule has 1 heterocycles. The minimum Gasteiger partial charge on any atom is -0.443 e. The van der Waals surface area contributed by atoms with Gasteiger partial charge in [0, 0.05) is 11.8 Å². The van der Waals surface area contributed by atoms with Gasteiger partial charge in [-0.05, 0) is 59.2 Å². The van der Waals surface area contributed by atoms with Crippen LogP contribution in [-0.4, -0.2) is 28.4 Å². The van der Waals surface area contributed by atoms with Gasteiger partial charge in [-0.1, -0.05) is 30.3 Å². The molecule has 150 valence electrons. The van der Waals surface area contributed by atoms with Crippen molar-refractivity contribution in [3.05, 3.63) is 48.7 Å². The predicted molar refractivity (Wildman–Crippen MR) is 108 cm³/mol. The number of benzene rings is 1. The van der Waals surface area contributed by atoms with E-state index in [1.165, 1.54) is 0 Å². The first-order valence-corrected chi connectivity index (χ1v) is 8.99. The number of carbonyl (C=O) groups is 2. The van der Waals surface area contributed by atoms with Crippen molar-refractivity contribution in [2.45, 2.75) is 52.7 Å². The largest absolute Gasteiger partial charge is 0.443 e. The van der Waals surface area contributed by atoms with Gasteiger partial charge in [-0.3, -0.25) is 0 Å². The van der Waals surface area contributed by atoms with E-state index in [9.17, 15) is 9.59 Å². The molecule has 0 unspecified atom stereocenters. The minimum absolute atomic E-state index is 0.208. The summed E-state index contributed by atoms with van der Waals surface area (Å²) >= 11 is 0. The van der Waals surface area contributed by atoms with Gasteiger partial charge >= 0.3 is 12.2 Å². The van der Waals surface area contributed by atoms with Crippen LogP contribution in [0.2, 0.25) is 0 Å².